The summed E-state index contributed by atoms with van der Waals surface area (Å²) in [5.74, 6) is 0.256. The zero-order valence-electron chi connectivity index (χ0n) is 11.8. The van der Waals surface area contributed by atoms with Crippen LogP contribution in [0, 0.1) is 0 Å². The van der Waals surface area contributed by atoms with E-state index in [-0.39, 0.29) is 5.92 Å². The van der Waals surface area contributed by atoms with Gasteiger partial charge in [0.1, 0.15) is 0 Å². The Morgan fingerprint density at radius 1 is 1.14 bits per heavy atom. The summed E-state index contributed by atoms with van der Waals surface area (Å²) in [6.45, 7) is 4.13. The third-order valence-corrected chi connectivity index (χ3v) is 3.51. The maximum absolute atomic E-state index is 12.3. The van der Waals surface area contributed by atoms with Gasteiger partial charge in [-0.3, -0.25) is 19.3 Å². The Kier molecular flexibility index (Phi) is 3.17. The Hall–Kier alpha value is -2.69. The van der Waals surface area contributed by atoms with E-state index in [1.807, 2.05) is 24.3 Å². The van der Waals surface area contributed by atoms with Crippen molar-refractivity contribution in [2.45, 2.75) is 19.8 Å². The number of nitrogens with one attached hydrogen (secondary N) is 1. The van der Waals surface area contributed by atoms with Crippen molar-refractivity contribution < 1.29 is 0 Å². The SMILES string of the molecule is CC(C)c1ccccc1-n1c(=O)[nH]c(=O)c2ccncc21. The van der Waals surface area contributed by atoms with Crippen LogP contribution >= 0.6 is 0 Å². The van der Waals surface area contributed by atoms with Gasteiger partial charge in [-0.2, -0.15) is 0 Å². The second-order valence-electron chi connectivity index (χ2n) is 5.20. The van der Waals surface area contributed by atoms with E-state index in [4.69, 9.17) is 0 Å². The Balaban J connectivity index is 2.47. The molecule has 2 heterocycles. The van der Waals surface area contributed by atoms with Gasteiger partial charge in [0.05, 0.1) is 22.8 Å². The number of para-hydroxylation sites is 1. The first-order valence-electron chi connectivity index (χ1n) is 6.78. The van der Waals surface area contributed by atoms with Gasteiger partial charge >= 0.3 is 5.69 Å². The molecule has 5 nitrogen and oxygen atoms in total. The third kappa shape index (κ3) is 2.16. The lowest BCUT2D eigenvalue weighted by atomic mass is 10.0. The molecule has 0 bridgehead atoms. The van der Waals surface area contributed by atoms with Gasteiger partial charge in [-0.1, -0.05) is 32.0 Å². The van der Waals surface area contributed by atoms with E-state index < -0.39 is 11.2 Å². The normalized spacial score (nSPS) is 11.2. The van der Waals surface area contributed by atoms with Crippen LogP contribution in [0.15, 0.2) is 52.3 Å². The summed E-state index contributed by atoms with van der Waals surface area (Å²) < 4.78 is 1.51. The van der Waals surface area contributed by atoms with Crippen LogP contribution in [0.2, 0.25) is 0 Å². The van der Waals surface area contributed by atoms with Crippen LogP contribution in [-0.4, -0.2) is 14.5 Å². The molecule has 0 unspecified atom stereocenters. The minimum absolute atomic E-state index is 0.256. The predicted octanol–water partition coefficient (Wildman–Crippen LogP) is 2.20. The molecule has 0 atom stereocenters. The number of hydrogen-bond donors (Lipinski definition) is 1. The van der Waals surface area contributed by atoms with Crippen molar-refractivity contribution in [2.24, 2.45) is 0 Å². The van der Waals surface area contributed by atoms with Crippen LogP contribution in [-0.2, 0) is 0 Å². The number of H-pyrrole nitrogens is 1. The molecule has 106 valence electrons. The molecular formula is C16H15N3O2. The smallest absolute Gasteiger partial charge is 0.273 e. The molecule has 0 saturated heterocycles. The van der Waals surface area contributed by atoms with E-state index in [9.17, 15) is 9.59 Å². The second kappa shape index (κ2) is 5.01. The van der Waals surface area contributed by atoms with Crippen molar-refractivity contribution in [3.63, 3.8) is 0 Å². The standard InChI is InChI=1S/C16H15N3O2/c1-10(2)11-5-3-4-6-13(11)19-14-9-17-8-7-12(14)15(20)18-16(19)21/h3-10H,1-2H3,(H,18,20,21). The molecule has 0 radical (unpaired) electrons. The summed E-state index contributed by atoms with van der Waals surface area (Å²) in [5, 5.41) is 0.447. The molecule has 0 spiro atoms. The van der Waals surface area contributed by atoms with E-state index >= 15 is 0 Å². The molecular weight excluding hydrogens is 266 g/mol. The van der Waals surface area contributed by atoms with Crippen molar-refractivity contribution in [1.29, 1.82) is 0 Å². The van der Waals surface area contributed by atoms with E-state index in [2.05, 4.69) is 23.8 Å². The van der Waals surface area contributed by atoms with Crippen LogP contribution in [0.4, 0.5) is 0 Å². The molecule has 0 aliphatic heterocycles. The van der Waals surface area contributed by atoms with Gasteiger partial charge in [-0.05, 0) is 23.6 Å². The lowest BCUT2D eigenvalue weighted by Gasteiger charge is -2.15. The Bertz CT molecular complexity index is 922. The molecule has 0 amide bonds. The molecule has 0 aliphatic carbocycles. The van der Waals surface area contributed by atoms with Gasteiger partial charge in [0, 0.05) is 6.20 Å². The number of fused-ring (bicyclic) bond motifs is 1. The highest BCUT2D eigenvalue weighted by Crippen LogP contribution is 2.23. The first-order valence-corrected chi connectivity index (χ1v) is 6.78. The van der Waals surface area contributed by atoms with Gasteiger partial charge in [-0.25, -0.2) is 4.79 Å². The zero-order valence-corrected chi connectivity index (χ0v) is 11.8. The maximum Gasteiger partial charge on any atom is 0.333 e. The molecule has 1 aromatic carbocycles. The van der Waals surface area contributed by atoms with Crippen LogP contribution in [0.1, 0.15) is 25.3 Å². The summed E-state index contributed by atoms with van der Waals surface area (Å²) in [6, 6.07) is 9.29. The highest BCUT2D eigenvalue weighted by Gasteiger charge is 2.13. The first-order chi connectivity index (χ1) is 10.1. The fourth-order valence-corrected chi connectivity index (χ4v) is 2.50. The summed E-state index contributed by atoms with van der Waals surface area (Å²) in [4.78, 5) is 30.6. The lowest BCUT2D eigenvalue weighted by Crippen LogP contribution is -2.30. The Morgan fingerprint density at radius 3 is 2.67 bits per heavy atom. The van der Waals surface area contributed by atoms with Gasteiger partial charge < -0.3 is 0 Å². The molecule has 3 aromatic rings. The number of benzene rings is 1. The second-order valence-corrected chi connectivity index (χ2v) is 5.20. The van der Waals surface area contributed by atoms with Crippen molar-refractivity contribution in [3.05, 3.63) is 69.1 Å². The minimum atomic E-state index is -0.450. The average Bonchev–Trinajstić information content (AvgIpc) is 2.47. The quantitative estimate of drug-likeness (QED) is 0.783. The molecule has 0 aliphatic rings. The minimum Gasteiger partial charge on any atom is -0.273 e. The van der Waals surface area contributed by atoms with E-state index in [1.54, 1.807) is 18.5 Å². The van der Waals surface area contributed by atoms with Crippen molar-refractivity contribution in [3.8, 4) is 5.69 Å². The molecule has 5 heteroatoms. The maximum atomic E-state index is 12.3. The van der Waals surface area contributed by atoms with Crippen LogP contribution in [0.5, 0.6) is 0 Å². The van der Waals surface area contributed by atoms with E-state index in [0.717, 1.165) is 11.3 Å². The number of nitrogens with zero attached hydrogens (tertiary/aromatic N) is 2. The van der Waals surface area contributed by atoms with Crippen molar-refractivity contribution in [1.82, 2.24) is 14.5 Å². The Morgan fingerprint density at radius 2 is 1.90 bits per heavy atom. The number of pyridine rings is 1. The molecule has 21 heavy (non-hydrogen) atoms. The molecule has 0 saturated carbocycles. The fraction of sp³-hybridized carbons (Fsp3) is 0.188. The van der Waals surface area contributed by atoms with Crippen molar-refractivity contribution in [2.75, 3.05) is 0 Å². The predicted molar refractivity (Wildman–Crippen MR) is 82.0 cm³/mol. The summed E-state index contributed by atoms with van der Waals surface area (Å²) in [6.07, 6.45) is 3.09. The van der Waals surface area contributed by atoms with Crippen LogP contribution in [0.3, 0.4) is 0 Å². The number of rotatable bonds is 2. The molecule has 2 aromatic heterocycles. The van der Waals surface area contributed by atoms with Gasteiger partial charge in [0.25, 0.3) is 5.56 Å². The molecule has 1 N–H and O–H groups in total. The van der Waals surface area contributed by atoms with Crippen LogP contribution < -0.4 is 11.2 Å². The van der Waals surface area contributed by atoms with E-state index in [1.165, 1.54) is 4.57 Å². The van der Waals surface area contributed by atoms with E-state index in [0.29, 0.717) is 10.9 Å². The monoisotopic (exact) mass is 281 g/mol. The summed E-state index contributed by atoms with van der Waals surface area (Å²) in [5.41, 5.74) is 1.48. The average molecular weight is 281 g/mol. The number of hydrogen-bond acceptors (Lipinski definition) is 3. The topological polar surface area (TPSA) is 67.8 Å². The van der Waals surface area contributed by atoms with Gasteiger partial charge in [0.2, 0.25) is 0 Å². The summed E-state index contributed by atoms with van der Waals surface area (Å²) in [7, 11) is 0. The van der Waals surface area contributed by atoms with Crippen LogP contribution in [0.25, 0.3) is 16.6 Å². The Labute approximate surface area is 120 Å². The highest BCUT2D eigenvalue weighted by atomic mass is 16.2. The van der Waals surface area contributed by atoms with Gasteiger partial charge in [-0.15, -0.1) is 0 Å². The third-order valence-electron chi connectivity index (χ3n) is 3.51. The fourth-order valence-electron chi connectivity index (χ4n) is 2.50. The first kappa shape index (κ1) is 13.3. The number of aromatic nitrogens is 3. The number of aromatic amines is 1. The highest BCUT2D eigenvalue weighted by molar-refractivity contribution is 5.78. The lowest BCUT2D eigenvalue weighted by molar-refractivity contribution is 0.834. The van der Waals surface area contributed by atoms with Gasteiger partial charge in [0.15, 0.2) is 0 Å². The zero-order chi connectivity index (χ0) is 15.0. The van der Waals surface area contributed by atoms with Crippen molar-refractivity contribution >= 4 is 10.9 Å². The molecule has 3 rings (SSSR count). The largest absolute Gasteiger partial charge is 0.333 e. The molecule has 0 fully saturated rings. The summed E-state index contributed by atoms with van der Waals surface area (Å²) >= 11 is 0.